The average molecular weight is 205 g/mol. The molecule has 2 rings (SSSR count). The fourth-order valence-corrected chi connectivity index (χ4v) is 1.67. The van der Waals surface area contributed by atoms with Gasteiger partial charge in [-0.05, 0) is 37.8 Å². The van der Waals surface area contributed by atoms with Crippen LogP contribution in [0.3, 0.4) is 0 Å². The molecule has 3 nitrogen and oxygen atoms in total. The van der Waals surface area contributed by atoms with Gasteiger partial charge in [0.2, 0.25) is 0 Å². The second-order valence-corrected chi connectivity index (χ2v) is 4.00. The van der Waals surface area contributed by atoms with Crippen molar-refractivity contribution in [3.63, 3.8) is 0 Å². The first-order valence-electron chi connectivity index (χ1n) is 5.24. The fourth-order valence-electron chi connectivity index (χ4n) is 1.67. The summed E-state index contributed by atoms with van der Waals surface area (Å²) in [5.41, 5.74) is 7.65. The molecule has 0 radical (unpaired) electrons. The van der Waals surface area contributed by atoms with Gasteiger partial charge in [-0.3, -0.25) is 0 Å². The first-order valence-corrected chi connectivity index (χ1v) is 5.24. The molecule has 0 aliphatic heterocycles. The summed E-state index contributed by atoms with van der Waals surface area (Å²) >= 11 is 0. The Balaban J connectivity index is 2.16. The van der Waals surface area contributed by atoms with E-state index >= 15 is 0 Å². The predicted octanol–water partition coefficient (Wildman–Crippen LogP) is 2.29. The van der Waals surface area contributed by atoms with E-state index < -0.39 is 0 Å². The summed E-state index contributed by atoms with van der Waals surface area (Å²) in [6.45, 7) is 1.87. The summed E-state index contributed by atoms with van der Waals surface area (Å²) in [5, 5.41) is 0. The van der Waals surface area contributed by atoms with E-state index in [1.807, 2.05) is 19.1 Å². The second kappa shape index (κ2) is 3.93. The maximum absolute atomic E-state index is 11.8. The zero-order valence-corrected chi connectivity index (χ0v) is 8.82. The molecule has 80 valence electrons. The predicted molar refractivity (Wildman–Crippen MR) is 58.6 cm³/mol. The Labute approximate surface area is 89.2 Å². The Hall–Kier alpha value is -1.51. The van der Waals surface area contributed by atoms with E-state index in [1.165, 1.54) is 0 Å². The van der Waals surface area contributed by atoms with Crippen molar-refractivity contribution >= 4 is 11.7 Å². The van der Waals surface area contributed by atoms with Crippen LogP contribution in [-0.4, -0.2) is 12.1 Å². The van der Waals surface area contributed by atoms with E-state index in [2.05, 4.69) is 0 Å². The lowest BCUT2D eigenvalue weighted by Gasteiger charge is -2.25. The van der Waals surface area contributed by atoms with Crippen molar-refractivity contribution in [2.45, 2.75) is 32.3 Å². The summed E-state index contributed by atoms with van der Waals surface area (Å²) in [4.78, 5) is 11.8. The van der Waals surface area contributed by atoms with Gasteiger partial charge in [0.25, 0.3) is 0 Å². The van der Waals surface area contributed by atoms with Crippen LogP contribution in [0.25, 0.3) is 0 Å². The molecule has 1 fully saturated rings. The molecule has 1 aliphatic rings. The van der Waals surface area contributed by atoms with Gasteiger partial charge in [0.1, 0.15) is 6.10 Å². The number of nitrogen functional groups attached to an aromatic ring is 1. The molecule has 0 saturated heterocycles. The van der Waals surface area contributed by atoms with Crippen LogP contribution in [0.2, 0.25) is 0 Å². The molecule has 2 N–H and O–H groups in total. The molecule has 1 aliphatic carbocycles. The zero-order valence-electron chi connectivity index (χ0n) is 8.82. The van der Waals surface area contributed by atoms with E-state index in [4.69, 9.17) is 10.5 Å². The highest BCUT2D eigenvalue weighted by Gasteiger charge is 2.24. The van der Waals surface area contributed by atoms with E-state index in [1.54, 1.807) is 6.07 Å². The lowest BCUT2D eigenvalue weighted by Crippen LogP contribution is -2.25. The fraction of sp³-hybridized carbons (Fsp3) is 0.417. The number of aryl methyl sites for hydroxylation is 1. The van der Waals surface area contributed by atoms with Crippen molar-refractivity contribution in [3.8, 4) is 0 Å². The molecule has 0 amide bonds. The third-order valence-corrected chi connectivity index (χ3v) is 2.84. The molecule has 0 atom stereocenters. The highest BCUT2D eigenvalue weighted by atomic mass is 16.5. The molecule has 0 aromatic heterocycles. The number of carbonyl (C=O) groups is 1. The SMILES string of the molecule is Cc1cccc(N)c1C(=O)OC1CCC1. The van der Waals surface area contributed by atoms with Crippen LogP contribution in [0.4, 0.5) is 5.69 Å². The molecule has 0 unspecified atom stereocenters. The minimum absolute atomic E-state index is 0.108. The molecular formula is C12H15NO2. The van der Waals surface area contributed by atoms with Crippen molar-refractivity contribution in [2.75, 3.05) is 5.73 Å². The number of benzene rings is 1. The molecule has 0 heterocycles. The van der Waals surface area contributed by atoms with Gasteiger partial charge in [-0.25, -0.2) is 4.79 Å². The van der Waals surface area contributed by atoms with E-state index in [0.717, 1.165) is 24.8 Å². The number of hydrogen-bond donors (Lipinski definition) is 1. The van der Waals surface area contributed by atoms with Crippen molar-refractivity contribution in [1.82, 2.24) is 0 Å². The number of rotatable bonds is 2. The summed E-state index contributed by atoms with van der Waals surface area (Å²) in [6.07, 6.45) is 3.23. The quantitative estimate of drug-likeness (QED) is 0.595. The van der Waals surface area contributed by atoms with Crippen molar-refractivity contribution < 1.29 is 9.53 Å². The highest BCUT2D eigenvalue weighted by Crippen LogP contribution is 2.25. The maximum atomic E-state index is 11.8. The third kappa shape index (κ3) is 1.96. The van der Waals surface area contributed by atoms with Crippen molar-refractivity contribution in [2.24, 2.45) is 0 Å². The van der Waals surface area contributed by atoms with Gasteiger partial charge >= 0.3 is 5.97 Å². The minimum Gasteiger partial charge on any atom is -0.459 e. The molecular weight excluding hydrogens is 190 g/mol. The van der Waals surface area contributed by atoms with Crippen molar-refractivity contribution in [1.29, 1.82) is 0 Å². The number of esters is 1. The summed E-state index contributed by atoms with van der Waals surface area (Å²) in [6, 6.07) is 5.43. The first-order chi connectivity index (χ1) is 7.18. The van der Waals surface area contributed by atoms with Gasteiger partial charge < -0.3 is 10.5 Å². The van der Waals surface area contributed by atoms with E-state index in [9.17, 15) is 4.79 Å². The smallest absolute Gasteiger partial charge is 0.340 e. The Bertz CT molecular complexity index is 363. The maximum Gasteiger partial charge on any atom is 0.340 e. The molecule has 0 bridgehead atoms. The monoisotopic (exact) mass is 205 g/mol. The Morgan fingerprint density at radius 2 is 2.20 bits per heavy atom. The van der Waals surface area contributed by atoms with Crippen LogP contribution in [0.5, 0.6) is 0 Å². The standard InChI is InChI=1S/C12H15NO2/c1-8-4-2-7-10(13)11(8)12(14)15-9-5-3-6-9/h2,4,7,9H,3,5-6,13H2,1H3. The molecule has 1 saturated carbocycles. The van der Waals surface area contributed by atoms with Gasteiger partial charge in [-0.1, -0.05) is 12.1 Å². The van der Waals surface area contributed by atoms with Crippen LogP contribution in [-0.2, 0) is 4.74 Å². The highest BCUT2D eigenvalue weighted by molar-refractivity contribution is 5.96. The first kappa shape index (κ1) is 10.0. The molecule has 1 aromatic rings. The number of nitrogens with two attached hydrogens (primary N) is 1. The van der Waals surface area contributed by atoms with E-state index in [-0.39, 0.29) is 12.1 Å². The average Bonchev–Trinajstić information content (AvgIpc) is 2.11. The Kier molecular flexibility index (Phi) is 2.62. The van der Waals surface area contributed by atoms with Crippen LogP contribution in [0.1, 0.15) is 35.2 Å². The number of hydrogen-bond acceptors (Lipinski definition) is 3. The number of ether oxygens (including phenoxy) is 1. The van der Waals surface area contributed by atoms with Crippen LogP contribution < -0.4 is 5.73 Å². The van der Waals surface area contributed by atoms with Gasteiger partial charge in [-0.15, -0.1) is 0 Å². The summed E-state index contributed by atoms with van der Waals surface area (Å²) in [7, 11) is 0. The molecule has 15 heavy (non-hydrogen) atoms. The topological polar surface area (TPSA) is 52.3 Å². The van der Waals surface area contributed by atoms with Gasteiger partial charge in [0.15, 0.2) is 0 Å². The Morgan fingerprint density at radius 1 is 1.47 bits per heavy atom. The molecule has 1 aromatic carbocycles. The molecule has 0 spiro atoms. The largest absolute Gasteiger partial charge is 0.459 e. The van der Waals surface area contributed by atoms with Gasteiger partial charge in [0, 0.05) is 5.69 Å². The summed E-state index contributed by atoms with van der Waals surface area (Å²) in [5.74, 6) is -0.282. The number of anilines is 1. The minimum atomic E-state index is -0.282. The van der Waals surface area contributed by atoms with E-state index in [0.29, 0.717) is 11.3 Å². The number of carbonyl (C=O) groups excluding carboxylic acids is 1. The lowest BCUT2D eigenvalue weighted by atomic mass is 9.96. The summed E-state index contributed by atoms with van der Waals surface area (Å²) < 4.78 is 5.32. The van der Waals surface area contributed by atoms with Gasteiger partial charge in [0.05, 0.1) is 5.56 Å². The van der Waals surface area contributed by atoms with Crippen LogP contribution in [0, 0.1) is 6.92 Å². The Morgan fingerprint density at radius 3 is 2.73 bits per heavy atom. The zero-order chi connectivity index (χ0) is 10.8. The third-order valence-electron chi connectivity index (χ3n) is 2.84. The normalized spacial score (nSPS) is 15.8. The second-order valence-electron chi connectivity index (χ2n) is 4.00. The van der Waals surface area contributed by atoms with Crippen LogP contribution in [0.15, 0.2) is 18.2 Å². The molecule has 3 heteroatoms. The lowest BCUT2D eigenvalue weighted by molar-refractivity contribution is 0.00906. The van der Waals surface area contributed by atoms with Crippen LogP contribution >= 0.6 is 0 Å². The van der Waals surface area contributed by atoms with Crippen molar-refractivity contribution in [3.05, 3.63) is 29.3 Å². The van der Waals surface area contributed by atoms with Gasteiger partial charge in [-0.2, -0.15) is 0 Å².